The van der Waals surface area contributed by atoms with Crippen molar-refractivity contribution in [1.29, 1.82) is 5.26 Å². The van der Waals surface area contributed by atoms with E-state index in [-0.39, 0.29) is 50.8 Å². The van der Waals surface area contributed by atoms with Gasteiger partial charge >= 0.3 is 0 Å². The van der Waals surface area contributed by atoms with Crippen LogP contribution in [-0.4, -0.2) is 25.3 Å². The summed E-state index contributed by atoms with van der Waals surface area (Å²) in [6, 6.07) is 2.19. The number of allylic oxidation sites excluding steroid dienone is 4. The molecule has 0 aromatic carbocycles. The normalized spacial score (nSPS) is 46.4. The Hall–Kier alpha value is -1.73. The van der Waals surface area contributed by atoms with Gasteiger partial charge in [-0.2, -0.15) is 5.26 Å². The Bertz CT molecular complexity index is 1110. The number of carbonyl (C=O) groups is 2. The molecule has 3 fully saturated rings. The van der Waals surface area contributed by atoms with Crippen molar-refractivity contribution in [2.24, 2.45) is 50.7 Å². The number of hydrogen-bond acceptors (Lipinski definition) is 4. The number of hydrogen-bond donors (Lipinski definition) is 0. The molecule has 0 radical (unpaired) electrons. The minimum Gasteiger partial charge on any atom is -0.385 e. The second-order valence-corrected chi connectivity index (χ2v) is 14.9. The summed E-state index contributed by atoms with van der Waals surface area (Å²) < 4.78 is 5.45. The molecule has 8 atom stereocenters. The van der Waals surface area contributed by atoms with Crippen molar-refractivity contribution in [3.8, 4) is 6.07 Å². The second kappa shape index (κ2) is 8.64. The number of ketones is 2. The van der Waals surface area contributed by atoms with Crippen molar-refractivity contribution in [3.63, 3.8) is 0 Å². The molecule has 0 amide bonds. The quantitative estimate of drug-likeness (QED) is 0.378. The Labute approximate surface area is 224 Å². The standard InChI is InChI=1S/C33H47NO3/c1-21-23-9-11-31(5)26(30(23,4)18-22(20-34)28(21)36)17-25(35)27-24-19-29(2,3)12-14-33(24,10-8-16-37-7)15-13-32(27,31)6/h17-18,21,23-24,27H,8-16,19H2,1-7H3/t21-,23-,24-,27-,30-,31+,32+,33+/m0/s1. The van der Waals surface area contributed by atoms with Crippen LogP contribution in [0.2, 0.25) is 0 Å². The van der Waals surface area contributed by atoms with Crippen molar-refractivity contribution in [3.05, 3.63) is 23.3 Å². The number of nitrogens with zero attached hydrogens (tertiary/aromatic N) is 1. The van der Waals surface area contributed by atoms with Gasteiger partial charge in [0.15, 0.2) is 11.6 Å². The zero-order valence-electron chi connectivity index (χ0n) is 24.2. The molecule has 3 saturated carbocycles. The lowest BCUT2D eigenvalue weighted by Crippen LogP contribution is -2.64. The molecule has 0 aliphatic heterocycles. The number of Topliss-reactive ketones (excluding diaryl/α,β-unsaturated/α-hetero) is 1. The molecule has 5 aliphatic rings. The molecular weight excluding hydrogens is 458 g/mol. The monoisotopic (exact) mass is 505 g/mol. The van der Waals surface area contributed by atoms with Gasteiger partial charge in [0.05, 0.1) is 5.57 Å². The van der Waals surface area contributed by atoms with Gasteiger partial charge in [0.25, 0.3) is 0 Å². The Morgan fingerprint density at radius 2 is 1.73 bits per heavy atom. The molecule has 0 bridgehead atoms. The number of methoxy groups -OCH3 is 1. The van der Waals surface area contributed by atoms with Crippen LogP contribution in [0.15, 0.2) is 23.3 Å². The third-order valence-electron chi connectivity index (χ3n) is 12.7. The van der Waals surface area contributed by atoms with Crippen LogP contribution in [0.5, 0.6) is 0 Å². The van der Waals surface area contributed by atoms with Crippen LogP contribution in [0.1, 0.15) is 99.3 Å². The van der Waals surface area contributed by atoms with Crippen molar-refractivity contribution >= 4 is 11.6 Å². The summed E-state index contributed by atoms with van der Waals surface area (Å²) in [5.41, 5.74) is 1.32. The van der Waals surface area contributed by atoms with E-state index in [1.54, 1.807) is 7.11 Å². The van der Waals surface area contributed by atoms with Crippen LogP contribution in [0.25, 0.3) is 0 Å². The van der Waals surface area contributed by atoms with Gasteiger partial charge in [-0.25, -0.2) is 0 Å². The maximum atomic E-state index is 14.4. The van der Waals surface area contributed by atoms with Gasteiger partial charge in [0.2, 0.25) is 0 Å². The first kappa shape index (κ1) is 26.9. The summed E-state index contributed by atoms with van der Waals surface area (Å²) in [6.07, 6.45) is 14.0. The highest BCUT2D eigenvalue weighted by molar-refractivity contribution is 6.02. The third-order valence-corrected chi connectivity index (χ3v) is 12.7. The Morgan fingerprint density at radius 3 is 2.41 bits per heavy atom. The van der Waals surface area contributed by atoms with E-state index in [1.165, 1.54) is 24.8 Å². The van der Waals surface area contributed by atoms with Crippen LogP contribution in [0.3, 0.4) is 0 Å². The fourth-order valence-corrected chi connectivity index (χ4v) is 10.4. The highest BCUT2D eigenvalue weighted by atomic mass is 16.5. The molecule has 37 heavy (non-hydrogen) atoms. The zero-order chi connectivity index (χ0) is 27.0. The van der Waals surface area contributed by atoms with Crippen LogP contribution >= 0.6 is 0 Å². The number of ether oxygens (including phenoxy) is 1. The lowest BCUT2D eigenvalue weighted by molar-refractivity contribution is -0.171. The molecule has 4 heteroatoms. The van der Waals surface area contributed by atoms with Gasteiger partial charge in [-0.05, 0) is 97.4 Å². The van der Waals surface area contributed by atoms with Gasteiger partial charge < -0.3 is 4.74 Å². The summed E-state index contributed by atoms with van der Waals surface area (Å²) in [6.45, 7) is 14.6. The lowest BCUT2D eigenvalue weighted by Gasteiger charge is -2.69. The Balaban J connectivity index is 1.63. The van der Waals surface area contributed by atoms with Gasteiger partial charge in [0, 0.05) is 31.0 Å². The van der Waals surface area contributed by atoms with E-state index in [0.717, 1.165) is 45.1 Å². The van der Waals surface area contributed by atoms with E-state index < -0.39 is 5.41 Å². The highest BCUT2D eigenvalue weighted by Gasteiger charge is 2.68. The highest BCUT2D eigenvalue weighted by Crippen LogP contribution is 2.74. The number of rotatable bonds is 4. The van der Waals surface area contributed by atoms with Crippen molar-refractivity contribution in [2.75, 3.05) is 13.7 Å². The van der Waals surface area contributed by atoms with Crippen molar-refractivity contribution in [1.82, 2.24) is 0 Å². The summed E-state index contributed by atoms with van der Waals surface area (Å²) >= 11 is 0. The lowest BCUT2D eigenvalue weighted by atomic mass is 9.34. The van der Waals surface area contributed by atoms with E-state index in [2.05, 4.69) is 40.7 Å². The first-order chi connectivity index (χ1) is 17.3. The molecule has 4 nitrogen and oxygen atoms in total. The van der Waals surface area contributed by atoms with Crippen LogP contribution in [0.4, 0.5) is 0 Å². The van der Waals surface area contributed by atoms with Gasteiger partial charge in [0.1, 0.15) is 6.07 Å². The minimum absolute atomic E-state index is 0.0247. The van der Waals surface area contributed by atoms with E-state index in [0.29, 0.717) is 11.7 Å². The molecule has 0 N–H and O–H groups in total. The summed E-state index contributed by atoms with van der Waals surface area (Å²) in [5.74, 6) is 0.690. The molecule has 0 aromatic heterocycles. The van der Waals surface area contributed by atoms with Crippen LogP contribution in [0, 0.1) is 62.1 Å². The number of fused-ring (bicyclic) bond motifs is 7. The topological polar surface area (TPSA) is 67.2 Å². The molecule has 5 rings (SSSR count). The Kier molecular flexibility index (Phi) is 6.27. The molecule has 0 aromatic rings. The molecular formula is C33H47NO3. The summed E-state index contributed by atoms with van der Waals surface area (Å²) in [5, 5.41) is 9.80. The van der Waals surface area contributed by atoms with E-state index in [4.69, 9.17) is 4.74 Å². The molecule has 5 aliphatic carbocycles. The summed E-state index contributed by atoms with van der Waals surface area (Å²) in [4.78, 5) is 27.4. The molecule has 0 spiro atoms. The molecule has 0 saturated heterocycles. The van der Waals surface area contributed by atoms with Crippen molar-refractivity contribution < 1.29 is 14.3 Å². The smallest absolute Gasteiger partial charge is 0.176 e. The molecule has 0 heterocycles. The van der Waals surface area contributed by atoms with Gasteiger partial charge in [-0.15, -0.1) is 0 Å². The average molecular weight is 506 g/mol. The van der Waals surface area contributed by atoms with E-state index in [1.807, 2.05) is 19.1 Å². The fourth-order valence-electron chi connectivity index (χ4n) is 10.4. The fraction of sp³-hybridized carbons (Fsp3) is 0.788. The third kappa shape index (κ3) is 3.62. The average Bonchev–Trinajstić information content (AvgIpc) is 2.83. The van der Waals surface area contributed by atoms with Crippen LogP contribution < -0.4 is 0 Å². The maximum absolute atomic E-state index is 14.4. The number of nitriles is 1. The van der Waals surface area contributed by atoms with Crippen molar-refractivity contribution in [2.45, 2.75) is 99.3 Å². The van der Waals surface area contributed by atoms with E-state index in [9.17, 15) is 14.9 Å². The van der Waals surface area contributed by atoms with Crippen LogP contribution in [-0.2, 0) is 14.3 Å². The van der Waals surface area contributed by atoms with E-state index >= 15 is 0 Å². The number of carbonyl (C=O) groups excluding carboxylic acids is 2. The molecule has 202 valence electrons. The van der Waals surface area contributed by atoms with Gasteiger partial charge in [-0.3, -0.25) is 9.59 Å². The maximum Gasteiger partial charge on any atom is 0.176 e. The Morgan fingerprint density at radius 1 is 1.03 bits per heavy atom. The first-order valence-electron chi connectivity index (χ1n) is 14.7. The summed E-state index contributed by atoms with van der Waals surface area (Å²) in [7, 11) is 1.79. The van der Waals surface area contributed by atoms with Gasteiger partial charge in [-0.1, -0.05) is 53.2 Å². The predicted octanol–water partition coefficient (Wildman–Crippen LogP) is 7.24. The minimum atomic E-state index is -0.423. The second-order valence-electron chi connectivity index (χ2n) is 14.9. The first-order valence-corrected chi connectivity index (χ1v) is 14.7. The largest absolute Gasteiger partial charge is 0.385 e. The molecule has 0 unspecified atom stereocenters. The SMILES string of the molecule is COCCC[C@]12CCC(C)(C)C[C@H]1[C@H]1C(=O)C=C3[C@@]4(C)C=C(C#N)C(=O)[C@@H](C)[C@@H]4CC[C@@]3(C)[C@]1(C)CC2. The zero-order valence-corrected chi connectivity index (χ0v) is 24.2. The predicted molar refractivity (Wildman–Crippen MR) is 145 cm³/mol.